The highest BCUT2D eigenvalue weighted by Crippen LogP contribution is 2.08. The fourth-order valence-corrected chi connectivity index (χ4v) is 1.02. The van der Waals surface area contributed by atoms with E-state index in [4.69, 9.17) is 14.7 Å². The number of rotatable bonds is 3. The summed E-state index contributed by atoms with van der Waals surface area (Å²) in [5.74, 6) is -0.508. The molecule has 0 unspecified atom stereocenters. The number of carbonyl (C=O) groups is 1. The largest absolute Gasteiger partial charge is 0.383 e. The van der Waals surface area contributed by atoms with Gasteiger partial charge in [-0.05, 0) is 19.8 Å². The second-order valence-electron chi connectivity index (χ2n) is 3.07. The highest BCUT2D eigenvalue weighted by molar-refractivity contribution is 5.78. The molecule has 1 rings (SSSR count). The molecule has 2 N–H and O–H groups in total. The van der Waals surface area contributed by atoms with Crippen molar-refractivity contribution in [2.24, 2.45) is 0 Å². The zero-order valence-electron chi connectivity index (χ0n) is 7.66. The minimum atomic E-state index is -1.03. The molecule has 1 fully saturated rings. The molecule has 1 amide bonds. The summed E-state index contributed by atoms with van der Waals surface area (Å²) in [5, 5.41) is 8.83. The number of nitrogens with one attached hydrogen (secondary N) is 1. The van der Waals surface area contributed by atoms with E-state index in [-0.39, 0.29) is 6.10 Å². The van der Waals surface area contributed by atoms with Crippen LogP contribution in [-0.4, -0.2) is 36.4 Å². The van der Waals surface area contributed by atoms with Gasteiger partial charge in [-0.1, -0.05) is 0 Å². The normalized spacial score (nSPS) is 21.1. The Labute approximate surface area is 77.0 Å². The summed E-state index contributed by atoms with van der Waals surface area (Å²) in [6.07, 6.45) is 0.538. The average molecular weight is 189 g/mol. The number of hydroxylamine groups is 1. The first-order valence-electron chi connectivity index (χ1n) is 4.41. The third-order valence-corrected chi connectivity index (χ3v) is 1.87. The van der Waals surface area contributed by atoms with Crippen LogP contribution in [0.2, 0.25) is 0 Å². The number of aliphatic hydroxyl groups is 1. The molecule has 0 aromatic carbocycles. The van der Waals surface area contributed by atoms with Gasteiger partial charge in [0.05, 0.1) is 6.10 Å². The molecule has 13 heavy (non-hydrogen) atoms. The van der Waals surface area contributed by atoms with Gasteiger partial charge in [-0.3, -0.25) is 9.63 Å². The van der Waals surface area contributed by atoms with Crippen molar-refractivity contribution in [2.45, 2.75) is 32.0 Å². The van der Waals surface area contributed by atoms with Crippen LogP contribution in [0.5, 0.6) is 0 Å². The lowest BCUT2D eigenvalue weighted by Gasteiger charge is -2.22. The van der Waals surface area contributed by atoms with Crippen molar-refractivity contribution >= 4 is 5.91 Å². The Morgan fingerprint density at radius 1 is 1.62 bits per heavy atom. The molecule has 0 aromatic heterocycles. The van der Waals surface area contributed by atoms with E-state index in [0.717, 1.165) is 12.8 Å². The Hall–Kier alpha value is -0.650. The lowest BCUT2D eigenvalue weighted by molar-refractivity contribution is -0.150. The average Bonchev–Trinajstić information content (AvgIpc) is 2.15. The third kappa shape index (κ3) is 3.71. The number of amides is 1. The molecule has 5 nitrogen and oxygen atoms in total. The van der Waals surface area contributed by atoms with E-state index in [9.17, 15) is 4.79 Å². The highest BCUT2D eigenvalue weighted by atomic mass is 16.7. The summed E-state index contributed by atoms with van der Waals surface area (Å²) in [6, 6.07) is 0. The third-order valence-electron chi connectivity index (χ3n) is 1.87. The molecule has 0 aliphatic carbocycles. The van der Waals surface area contributed by atoms with E-state index >= 15 is 0 Å². The van der Waals surface area contributed by atoms with Crippen LogP contribution in [0.1, 0.15) is 19.8 Å². The van der Waals surface area contributed by atoms with Gasteiger partial charge in [-0.25, -0.2) is 5.48 Å². The predicted molar refractivity (Wildman–Crippen MR) is 44.7 cm³/mol. The summed E-state index contributed by atoms with van der Waals surface area (Å²) >= 11 is 0. The molecule has 1 atom stereocenters. The monoisotopic (exact) mass is 189 g/mol. The second-order valence-corrected chi connectivity index (χ2v) is 3.07. The van der Waals surface area contributed by atoms with Crippen LogP contribution in [0.25, 0.3) is 0 Å². The van der Waals surface area contributed by atoms with Crippen molar-refractivity contribution < 1.29 is 19.5 Å². The molecular weight excluding hydrogens is 174 g/mol. The second kappa shape index (κ2) is 5.16. The Morgan fingerprint density at radius 2 is 2.23 bits per heavy atom. The summed E-state index contributed by atoms with van der Waals surface area (Å²) < 4.78 is 5.11. The zero-order chi connectivity index (χ0) is 9.68. The number of aliphatic hydroxyl groups excluding tert-OH is 1. The molecule has 76 valence electrons. The van der Waals surface area contributed by atoms with E-state index in [0.29, 0.717) is 13.2 Å². The lowest BCUT2D eigenvalue weighted by Crippen LogP contribution is -2.37. The van der Waals surface area contributed by atoms with Crippen LogP contribution >= 0.6 is 0 Å². The lowest BCUT2D eigenvalue weighted by atomic mass is 10.2. The fraction of sp³-hybridized carbons (Fsp3) is 0.875. The van der Waals surface area contributed by atoms with Crippen molar-refractivity contribution in [3.8, 4) is 0 Å². The summed E-state index contributed by atoms with van der Waals surface area (Å²) in [5.41, 5.74) is 2.21. The van der Waals surface area contributed by atoms with E-state index in [1.807, 2.05) is 0 Å². The number of hydrogen-bond donors (Lipinski definition) is 2. The molecule has 5 heteroatoms. The van der Waals surface area contributed by atoms with Crippen LogP contribution in [0.3, 0.4) is 0 Å². The summed E-state index contributed by atoms with van der Waals surface area (Å²) in [6.45, 7) is 2.72. The van der Waals surface area contributed by atoms with Gasteiger partial charge in [-0.15, -0.1) is 0 Å². The first-order valence-corrected chi connectivity index (χ1v) is 4.41. The van der Waals surface area contributed by atoms with Crippen molar-refractivity contribution in [1.82, 2.24) is 5.48 Å². The van der Waals surface area contributed by atoms with Gasteiger partial charge in [0.25, 0.3) is 5.91 Å². The molecule has 1 aliphatic heterocycles. The first kappa shape index (κ1) is 10.4. The summed E-state index contributed by atoms with van der Waals surface area (Å²) in [4.78, 5) is 15.9. The fourth-order valence-electron chi connectivity index (χ4n) is 1.02. The molecule has 1 saturated heterocycles. The maximum Gasteiger partial charge on any atom is 0.272 e. The Balaban J connectivity index is 2.13. The van der Waals surface area contributed by atoms with Gasteiger partial charge >= 0.3 is 0 Å². The van der Waals surface area contributed by atoms with Crippen LogP contribution in [0, 0.1) is 0 Å². The van der Waals surface area contributed by atoms with Gasteiger partial charge in [-0.2, -0.15) is 0 Å². The Kier molecular flexibility index (Phi) is 4.14. The van der Waals surface area contributed by atoms with Crippen molar-refractivity contribution in [2.75, 3.05) is 13.2 Å². The topological polar surface area (TPSA) is 67.8 Å². The van der Waals surface area contributed by atoms with E-state index < -0.39 is 12.0 Å². The van der Waals surface area contributed by atoms with Gasteiger partial charge in [0.15, 0.2) is 0 Å². The minimum Gasteiger partial charge on any atom is -0.383 e. The molecule has 0 bridgehead atoms. The van der Waals surface area contributed by atoms with E-state index in [1.54, 1.807) is 0 Å². The van der Waals surface area contributed by atoms with Crippen molar-refractivity contribution in [3.05, 3.63) is 0 Å². The van der Waals surface area contributed by atoms with Gasteiger partial charge in [0, 0.05) is 13.2 Å². The summed E-state index contributed by atoms with van der Waals surface area (Å²) in [7, 11) is 0. The minimum absolute atomic E-state index is 0.0106. The molecular formula is C8H15NO4. The maximum atomic E-state index is 10.9. The molecule has 0 spiro atoms. The SMILES string of the molecule is C[C@@H](O)C(=O)NOC1CCOCC1. The molecule has 0 saturated carbocycles. The molecule has 0 radical (unpaired) electrons. The van der Waals surface area contributed by atoms with Gasteiger partial charge in [0.1, 0.15) is 6.10 Å². The maximum absolute atomic E-state index is 10.9. The van der Waals surface area contributed by atoms with Crippen LogP contribution < -0.4 is 5.48 Å². The predicted octanol–water partition coefficient (Wildman–Crippen LogP) is -0.406. The standard InChI is InChI=1S/C8H15NO4/c1-6(10)8(11)9-13-7-2-4-12-5-3-7/h6-7,10H,2-5H2,1H3,(H,9,11)/t6-/m1/s1. The number of carbonyl (C=O) groups excluding carboxylic acids is 1. The number of hydrogen-bond acceptors (Lipinski definition) is 4. The van der Waals surface area contributed by atoms with Gasteiger partial charge < -0.3 is 9.84 Å². The van der Waals surface area contributed by atoms with Crippen molar-refractivity contribution in [1.29, 1.82) is 0 Å². The van der Waals surface area contributed by atoms with Crippen LogP contribution in [0.15, 0.2) is 0 Å². The number of ether oxygens (including phenoxy) is 1. The quantitative estimate of drug-likeness (QED) is 0.592. The van der Waals surface area contributed by atoms with Crippen LogP contribution in [-0.2, 0) is 14.4 Å². The first-order chi connectivity index (χ1) is 6.20. The highest BCUT2D eigenvalue weighted by Gasteiger charge is 2.16. The molecule has 0 aromatic rings. The Morgan fingerprint density at radius 3 is 2.77 bits per heavy atom. The van der Waals surface area contributed by atoms with Gasteiger partial charge in [0.2, 0.25) is 0 Å². The van der Waals surface area contributed by atoms with E-state index in [2.05, 4.69) is 5.48 Å². The smallest absolute Gasteiger partial charge is 0.272 e. The van der Waals surface area contributed by atoms with Crippen molar-refractivity contribution in [3.63, 3.8) is 0 Å². The molecule has 1 aliphatic rings. The molecule has 1 heterocycles. The zero-order valence-corrected chi connectivity index (χ0v) is 7.66. The van der Waals surface area contributed by atoms with E-state index in [1.165, 1.54) is 6.92 Å². The van der Waals surface area contributed by atoms with Crippen LogP contribution in [0.4, 0.5) is 0 Å². The Bertz CT molecular complexity index is 166.